The maximum atomic E-state index is 3.68. The summed E-state index contributed by atoms with van der Waals surface area (Å²) in [4.78, 5) is 0. The van der Waals surface area contributed by atoms with Gasteiger partial charge in [-0.05, 0) is 43.4 Å². The molecule has 0 bridgehead atoms. The first-order chi connectivity index (χ1) is 8.83. The highest BCUT2D eigenvalue weighted by molar-refractivity contribution is 5.80. The monoisotopic (exact) mass is 242 g/mol. The minimum Gasteiger partial charge on any atom is -0.346 e. The summed E-state index contributed by atoms with van der Waals surface area (Å²) in [6.45, 7) is 4.31. The van der Waals surface area contributed by atoms with Gasteiger partial charge in [-0.1, -0.05) is 24.5 Å². The van der Waals surface area contributed by atoms with Gasteiger partial charge in [0.05, 0.1) is 0 Å². The van der Waals surface area contributed by atoms with E-state index < -0.39 is 0 Å². The summed E-state index contributed by atoms with van der Waals surface area (Å²) in [6, 6.07) is 9.69. The van der Waals surface area contributed by atoms with E-state index in [2.05, 4.69) is 47.3 Å². The second kappa shape index (κ2) is 5.15. The van der Waals surface area contributed by atoms with Gasteiger partial charge in [-0.25, -0.2) is 0 Å². The molecule has 1 aromatic carbocycles. The van der Waals surface area contributed by atoms with Crippen LogP contribution in [-0.2, 0) is 6.54 Å². The SMILES string of the molecule is Cc1ccc2c(ccn2CCNC2CCCC2)c1. The predicted octanol–water partition coefficient (Wildman–Crippen LogP) is 3.48. The van der Waals surface area contributed by atoms with Crippen LogP contribution < -0.4 is 5.32 Å². The van der Waals surface area contributed by atoms with Crippen molar-refractivity contribution in [3.8, 4) is 0 Å². The Labute approximate surface area is 109 Å². The molecular weight excluding hydrogens is 220 g/mol. The van der Waals surface area contributed by atoms with Crippen LogP contribution in [0.2, 0.25) is 0 Å². The zero-order valence-corrected chi connectivity index (χ0v) is 11.2. The first-order valence-corrected chi connectivity index (χ1v) is 7.12. The normalized spacial score (nSPS) is 16.7. The van der Waals surface area contributed by atoms with Crippen molar-refractivity contribution in [1.29, 1.82) is 0 Å². The van der Waals surface area contributed by atoms with E-state index in [-0.39, 0.29) is 0 Å². The largest absolute Gasteiger partial charge is 0.346 e. The lowest BCUT2D eigenvalue weighted by molar-refractivity contribution is 0.501. The average molecular weight is 242 g/mol. The summed E-state index contributed by atoms with van der Waals surface area (Å²) in [6.07, 6.45) is 7.75. The Hall–Kier alpha value is -1.28. The molecule has 2 aromatic rings. The maximum Gasteiger partial charge on any atom is 0.0480 e. The number of nitrogens with one attached hydrogen (secondary N) is 1. The van der Waals surface area contributed by atoms with E-state index in [9.17, 15) is 0 Å². The number of hydrogen-bond acceptors (Lipinski definition) is 1. The van der Waals surface area contributed by atoms with Crippen LogP contribution in [0.15, 0.2) is 30.5 Å². The van der Waals surface area contributed by atoms with E-state index in [4.69, 9.17) is 0 Å². The molecule has 0 aliphatic heterocycles. The van der Waals surface area contributed by atoms with Gasteiger partial charge in [0, 0.05) is 30.8 Å². The minimum atomic E-state index is 0.772. The molecule has 1 heterocycles. The number of aromatic nitrogens is 1. The first kappa shape index (κ1) is 11.8. The lowest BCUT2D eigenvalue weighted by Crippen LogP contribution is -2.29. The van der Waals surface area contributed by atoms with Gasteiger partial charge in [0.25, 0.3) is 0 Å². The fraction of sp³-hybridized carbons (Fsp3) is 0.500. The van der Waals surface area contributed by atoms with Crippen LogP contribution in [0.25, 0.3) is 10.9 Å². The van der Waals surface area contributed by atoms with E-state index in [0.717, 1.165) is 19.1 Å². The highest BCUT2D eigenvalue weighted by Gasteiger charge is 2.13. The first-order valence-electron chi connectivity index (χ1n) is 7.12. The highest BCUT2D eigenvalue weighted by atomic mass is 15.0. The quantitative estimate of drug-likeness (QED) is 0.868. The van der Waals surface area contributed by atoms with Gasteiger partial charge in [0.1, 0.15) is 0 Å². The summed E-state index contributed by atoms with van der Waals surface area (Å²) in [5.41, 5.74) is 2.69. The van der Waals surface area contributed by atoms with Gasteiger partial charge < -0.3 is 9.88 Å². The van der Waals surface area contributed by atoms with Gasteiger partial charge >= 0.3 is 0 Å². The van der Waals surface area contributed by atoms with Crippen LogP contribution in [0.3, 0.4) is 0 Å². The van der Waals surface area contributed by atoms with E-state index in [0.29, 0.717) is 0 Å². The average Bonchev–Trinajstić information content (AvgIpc) is 2.99. The summed E-state index contributed by atoms with van der Waals surface area (Å²) in [5.74, 6) is 0. The zero-order chi connectivity index (χ0) is 12.4. The summed E-state index contributed by atoms with van der Waals surface area (Å²) in [7, 11) is 0. The number of hydrogen-bond donors (Lipinski definition) is 1. The topological polar surface area (TPSA) is 17.0 Å². The van der Waals surface area contributed by atoms with Crippen molar-refractivity contribution in [2.24, 2.45) is 0 Å². The third kappa shape index (κ3) is 2.44. The molecule has 0 atom stereocenters. The Kier molecular flexibility index (Phi) is 3.37. The molecule has 0 radical (unpaired) electrons. The van der Waals surface area contributed by atoms with Crippen molar-refractivity contribution in [3.05, 3.63) is 36.0 Å². The molecule has 0 amide bonds. The van der Waals surface area contributed by atoms with Gasteiger partial charge in [0.15, 0.2) is 0 Å². The van der Waals surface area contributed by atoms with Crippen molar-refractivity contribution >= 4 is 10.9 Å². The van der Waals surface area contributed by atoms with E-state index in [1.807, 2.05) is 0 Å². The van der Waals surface area contributed by atoms with E-state index >= 15 is 0 Å². The second-order valence-corrected chi connectivity index (χ2v) is 5.51. The standard InChI is InChI=1S/C16H22N2/c1-13-6-7-16-14(12-13)8-10-18(16)11-9-17-15-4-2-3-5-15/h6-8,10,12,15,17H,2-5,9,11H2,1H3. The third-order valence-electron chi connectivity index (χ3n) is 4.07. The molecule has 1 aliphatic carbocycles. The molecule has 0 spiro atoms. The Morgan fingerprint density at radius 2 is 2.06 bits per heavy atom. The molecule has 18 heavy (non-hydrogen) atoms. The smallest absolute Gasteiger partial charge is 0.0480 e. The van der Waals surface area contributed by atoms with Crippen molar-refractivity contribution in [2.75, 3.05) is 6.54 Å². The van der Waals surface area contributed by atoms with Crippen LogP contribution >= 0.6 is 0 Å². The van der Waals surface area contributed by atoms with Crippen molar-refractivity contribution in [3.63, 3.8) is 0 Å². The molecule has 1 N–H and O–H groups in total. The molecule has 2 heteroatoms. The third-order valence-corrected chi connectivity index (χ3v) is 4.07. The van der Waals surface area contributed by atoms with Gasteiger partial charge in [-0.2, -0.15) is 0 Å². The molecule has 0 unspecified atom stereocenters. The molecule has 2 nitrogen and oxygen atoms in total. The highest BCUT2D eigenvalue weighted by Crippen LogP contribution is 2.18. The fourth-order valence-corrected chi connectivity index (χ4v) is 3.03. The van der Waals surface area contributed by atoms with Crippen molar-refractivity contribution in [1.82, 2.24) is 9.88 Å². The van der Waals surface area contributed by atoms with Crippen molar-refractivity contribution < 1.29 is 0 Å². The molecule has 1 saturated carbocycles. The number of nitrogens with zero attached hydrogens (tertiary/aromatic N) is 1. The van der Waals surface area contributed by atoms with E-state index in [1.54, 1.807) is 0 Å². The Balaban J connectivity index is 1.63. The molecular formula is C16H22N2. The lowest BCUT2D eigenvalue weighted by Gasteiger charge is -2.12. The molecule has 1 fully saturated rings. The Morgan fingerprint density at radius 1 is 1.22 bits per heavy atom. The molecule has 1 aliphatic rings. The molecule has 3 rings (SSSR count). The summed E-state index contributed by atoms with van der Waals surface area (Å²) < 4.78 is 2.36. The van der Waals surface area contributed by atoms with Gasteiger partial charge in [0.2, 0.25) is 0 Å². The van der Waals surface area contributed by atoms with E-state index in [1.165, 1.54) is 42.1 Å². The summed E-state index contributed by atoms with van der Waals surface area (Å²) in [5, 5.41) is 5.03. The van der Waals surface area contributed by atoms with Crippen LogP contribution in [0.4, 0.5) is 0 Å². The molecule has 1 aromatic heterocycles. The Morgan fingerprint density at radius 3 is 2.89 bits per heavy atom. The van der Waals surface area contributed by atoms with Crippen LogP contribution in [0.5, 0.6) is 0 Å². The zero-order valence-electron chi connectivity index (χ0n) is 11.2. The molecule has 96 valence electrons. The Bertz CT molecular complexity index is 521. The van der Waals surface area contributed by atoms with Gasteiger partial charge in [-0.3, -0.25) is 0 Å². The lowest BCUT2D eigenvalue weighted by atomic mass is 10.2. The fourth-order valence-electron chi connectivity index (χ4n) is 3.03. The number of fused-ring (bicyclic) bond motifs is 1. The number of rotatable bonds is 4. The molecule has 0 saturated heterocycles. The van der Waals surface area contributed by atoms with Crippen LogP contribution in [0.1, 0.15) is 31.2 Å². The maximum absolute atomic E-state index is 3.68. The number of benzene rings is 1. The number of aryl methyl sites for hydroxylation is 1. The van der Waals surface area contributed by atoms with Crippen LogP contribution in [0, 0.1) is 6.92 Å². The minimum absolute atomic E-state index is 0.772. The van der Waals surface area contributed by atoms with Crippen molar-refractivity contribution in [2.45, 2.75) is 45.2 Å². The summed E-state index contributed by atoms with van der Waals surface area (Å²) >= 11 is 0. The van der Waals surface area contributed by atoms with Gasteiger partial charge in [-0.15, -0.1) is 0 Å². The predicted molar refractivity (Wildman–Crippen MR) is 76.9 cm³/mol. The second-order valence-electron chi connectivity index (χ2n) is 5.51. The van der Waals surface area contributed by atoms with Crippen LogP contribution in [-0.4, -0.2) is 17.2 Å².